The van der Waals surface area contributed by atoms with Crippen LogP contribution in [-0.2, 0) is 4.79 Å². The maximum Gasteiger partial charge on any atom is 0.239 e. The third-order valence-corrected chi connectivity index (χ3v) is 3.07. The molecule has 1 aromatic rings. The van der Waals surface area contributed by atoms with Crippen molar-refractivity contribution in [2.24, 2.45) is 5.92 Å². The molecule has 106 valence electrons. The van der Waals surface area contributed by atoms with E-state index in [2.05, 4.69) is 45.1 Å². The van der Waals surface area contributed by atoms with E-state index >= 15 is 0 Å². The van der Waals surface area contributed by atoms with Gasteiger partial charge in [0, 0.05) is 19.3 Å². The minimum atomic E-state index is 0.0751. The summed E-state index contributed by atoms with van der Waals surface area (Å²) < 4.78 is 0. The fourth-order valence-electron chi connectivity index (χ4n) is 1.80. The van der Waals surface area contributed by atoms with Crippen LogP contribution in [0.5, 0.6) is 0 Å². The number of rotatable bonds is 6. The number of nitrogens with one attached hydrogen (secondary N) is 1. The number of amides is 1. The van der Waals surface area contributed by atoms with Gasteiger partial charge in [-0.1, -0.05) is 39.8 Å². The van der Waals surface area contributed by atoms with Crippen LogP contribution >= 0.6 is 0 Å². The molecule has 0 aromatic heterocycles. The maximum absolute atomic E-state index is 11.8. The molecule has 3 heteroatoms. The highest BCUT2D eigenvalue weighted by Gasteiger charge is 2.09. The Hall–Kier alpha value is -1.51. The van der Waals surface area contributed by atoms with Crippen LogP contribution in [0.1, 0.15) is 39.2 Å². The highest BCUT2D eigenvalue weighted by molar-refractivity contribution is 5.81. The number of likely N-dealkylation sites (N-methyl/N-ethyl adjacent to an activating group) is 1. The van der Waals surface area contributed by atoms with Gasteiger partial charge in [0.1, 0.15) is 0 Å². The molecule has 1 aromatic carbocycles. The highest BCUT2D eigenvalue weighted by atomic mass is 16.2. The fraction of sp³-hybridized carbons (Fsp3) is 0.562. The number of nitrogens with zero attached hydrogens (tertiary/aromatic N) is 1. The Kier molecular flexibility index (Phi) is 5.87. The van der Waals surface area contributed by atoms with E-state index in [0.29, 0.717) is 18.4 Å². The third kappa shape index (κ3) is 5.33. The van der Waals surface area contributed by atoms with Crippen LogP contribution in [0, 0.1) is 5.92 Å². The van der Waals surface area contributed by atoms with Crippen LogP contribution in [0.25, 0.3) is 0 Å². The van der Waals surface area contributed by atoms with E-state index in [9.17, 15) is 4.79 Å². The molecule has 0 heterocycles. The normalized spacial score (nSPS) is 10.9. The van der Waals surface area contributed by atoms with Crippen LogP contribution in [0.4, 0.5) is 5.69 Å². The average Bonchev–Trinajstić information content (AvgIpc) is 2.36. The highest BCUT2D eigenvalue weighted by Crippen LogP contribution is 2.20. The summed E-state index contributed by atoms with van der Waals surface area (Å²) in [4.78, 5) is 13.8. The Balaban J connectivity index is 2.60. The van der Waals surface area contributed by atoms with Gasteiger partial charge in [-0.3, -0.25) is 4.79 Å². The van der Waals surface area contributed by atoms with Gasteiger partial charge < -0.3 is 10.2 Å². The van der Waals surface area contributed by atoms with E-state index in [4.69, 9.17) is 0 Å². The Bertz CT molecular complexity index is 413. The number of carbonyl (C=O) groups excluding carboxylic acids is 1. The van der Waals surface area contributed by atoms with E-state index in [-0.39, 0.29) is 5.91 Å². The molecule has 1 rings (SSSR count). The summed E-state index contributed by atoms with van der Waals surface area (Å²) in [5, 5.41) is 2.94. The van der Waals surface area contributed by atoms with E-state index < -0.39 is 0 Å². The van der Waals surface area contributed by atoms with Crippen molar-refractivity contribution in [2.75, 3.05) is 25.0 Å². The van der Waals surface area contributed by atoms with Gasteiger partial charge in [-0.15, -0.1) is 0 Å². The minimum Gasteiger partial charge on any atom is -0.365 e. The van der Waals surface area contributed by atoms with Crippen molar-refractivity contribution in [1.29, 1.82) is 0 Å². The number of hydrogen-bond acceptors (Lipinski definition) is 2. The first kappa shape index (κ1) is 15.5. The maximum atomic E-state index is 11.8. The van der Waals surface area contributed by atoms with Gasteiger partial charge in [-0.25, -0.2) is 0 Å². The molecule has 0 atom stereocenters. The van der Waals surface area contributed by atoms with Crippen molar-refractivity contribution < 1.29 is 4.79 Å². The molecular formula is C16H26N2O. The summed E-state index contributed by atoms with van der Waals surface area (Å²) in [5.74, 6) is 1.06. The number of hydrogen-bond donors (Lipinski definition) is 1. The van der Waals surface area contributed by atoms with Crippen molar-refractivity contribution in [3.8, 4) is 0 Å². The van der Waals surface area contributed by atoms with E-state index in [1.807, 2.05) is 24.1 Å². The van der Waals surface area contributed by atoms with Gasteiger partial charge in [0.15, 0.2) is 0 Å². The SMILES string of the molecule is CC(C)CNC(=O)CN(C)c1cccc(C(C)C)c1. The third-order valence-electron chi connectivity index (χ3n) is 3.07. The first-order valence-electron chi connectivity index (χ1n) is 6.98. The molecule has 0 unspecified atom stereocenters. The van der Waals surface area contributed by atoms with Crippen molar-refractivity contribution in [3.05, 3.63) is 29.8 Å². The number of carbonyl (C=O) groups is 1. The van der Waals surface area contributed by atoms with E-state index in [0.717, 1.165) is 12.2 Å². The van der Waals surface area contributed by atoms with Crippen molar-refractivity contribution in [2.45, 2.75) is 33.6 Å². The summed E-state index contributed by atoms with van der Waals surface area (Å²) in [6.45, 7) is 9.67. The molecule has 0 spiro atoms. The zero-order valence-corrected chi connectivity index (χ0v) is 12.7. The summed E-state index contributed by atoms with van der Waals surface area (Å²) in [7, 11) is 1.95. The quantitative estimate of drug-likeness (QED) is 0.854. The topological polar surface area (TPSA) is 32.3 Å². The lowest BCUT2D eigenvalue weighted by Gasteiger charge is -2.20. The summed E-state index contributed by atoms with van der Waals surface area (Å²) >= 11 is 0. The lowest BCUT2D eigenvalue weighted by atomic mass is 10.0. The Labute approximate surface area is 117 Å². The van der Waals surface area contributed by atoms with Gasteiger partial charge in [-0.2, -0.15) is 0 Å². The number of anilines is 1. The monoisotopic (exact) mass is 262 g/mol. The second-order valence-corrected chi connectivity index (χ2v) is 5.80. The lowest BCUT2D eigenvalue weighted by molar-refractivity contribution is -0.119. The Morgan fingerprint density at radius 1 is 1.26 bits per heavy atom. The molecule has 0 aliphatic heterocycles. The molecule has 0 radical (unpaired) electrons. The standard InChI is InChI=1S/C16H26N2O/c1-12(2)10-17-16(19)11-18(5)15-8-6-7-14(9-15)13(3)4/h6-9,12-13H,10-11H2,1-5H3,(H,17,19). The summed E-state index contributed by atoms with van der Waals surface area (Å²) in [6, 6.07) is 8.37. The molecule has 19 heavy (non-hydrogen) atoms. The van der Waals surface area contributed by atoms with Crippen LogP contribution < -0.4 is 10.2 Å². The van der Waals surface area contributed by atoms with Gasteiger partial charge in [0.25, 0.3) is 0 Å². The van der Waals surface area contributed by atoms with Crippen molar-refractivity contribution >= 4 is 11.6 Å². The van der Waals surface area contributed by atoms with Crippen LogP contribution in [0.15, 0.2) is 24.3 Å². The first-order valence-corrected chi connectivity index (χ1v) is 6.98. The first-order chi connectivity index (χ1) is 8.90. The molecule has 0 saturated carbocycles. The predicted octanol–water partition coefficient (Wildman–Crippen LogP) is 3.02. The second kappa shape index (κ2) is 7.17. The Morgan fingerprint density at radius 2 is 1.95 bits per heavy atom. The van der Waals surface area contributed by atoms with Crippen molar-refractivity contribution in [3.63, 3.8) is 0 Å². The number of benzene rings is 1. The van der Waals surface area contributed by atoms with Crippen LogP contribution in [-0.4, -0.2) is 26.0 Å². The van der Waals surface area contributed by atoms with Gasteiger partial charge in [-0.05, 0) is 29.5 Å². The predicted molar refractivity (Wildman–Crippen MR) is 81.6 cm³/mol. The molecule has 1 amide bonds. The van der Waals surface area contributed by atoms with E-state index in [1.165, 1.54) is 5.56 Å². The Morgan fingerprint density at radius 3 is 2.53 bits per heavy atom. The molecule has 0 aliphatic carbocycles. The smallest absolute Gasteiger partial charge is 0.239 e. The molecule has 0 fully saturated rings. The molecular weight excluding hydrogens is 236 g/mol. The second-order valence-electron chi connectivity index (χ2n) is 5.80. The van der Waals surface area contributed by atoms with Crippen LogP contribution in [0.3, 0.4) is 0 Å². The zero-order valence-electron chi connectivity index (χ0n) is 12.7. The fourth-order valence-corrected chi connectivity index (χ4v) is 1.80. The summed E-state index contributed by atoms with van der Waals surface area (Å²) in [6.07, 6.45) is 0. The van der Waals surface area contributed by atoms with Gasteiger partial charge >= 0.3 is 0 Å². The molecule has 0 aliphatic rings. The molecule has 0 bridgehead atoms. The van der Waals surface area contributed by atoms with Gasteiger partial charge in [0.05, 0.1) is 6.54 Å². The minimum absolute atomic E-state index is 0.0751. The molecule has 0 saturated heterocycles. The average molecular weight is 262 g/mol. The summed E-state index contributed by atoms with van der Waals surface area (Å²) in [5.41, 5.74) is 2.39. The van der Waals surface area contributed by atoms with Crippen molar-refractivity contribution in [1.82, 2.24) is 5.32 Å². The molecule has 1 N–H and O–H groups in total. The zero-order chi connectivity index (χ0) is 14.4. The largest absolute Gasteiger partial charge is 0.365 e. The van der Waals surface area contributed by atoms with Crippen LogP contribution in [0.2, 0.25) is 0 Å². The molecule has 3 nitrogen and oxygen atoms in total. The van der Waals surface area contributed by atoms with Gasteiger partial charge in [0.2, 0.25) is 5.91 Å². The lowest BCUT2D eigenvalue weighted by Crippen LogP contribution is -2.36. The van der Waals surface area contributed by atoms with E-state index in [1.54, 1.807) is 0 Å².